The molecule has 1 aliphatic heterocycles. The SMILES string of the molecule is CCN(OC1CCOP(=O)(N(CCCl)CCCl)N1)C(N)=O. The van der Waals surface area contributed by atoms with Crippen LogP contribution in [0.1, 0.15) is 13.3 Å². The predicted molar refractivity (Wildman–Crippen MR) is 81.2 cm³/mol. The smallest absolute Gasteiger partial charge is 0.345 e. The molecule has 0 aliphatic carbocycles. The van der Waals surface area contributed by atoms with Gasteiger partial charge in [0.25, 0.3) is 0 Å². The Hall–Kier alpha value is -0.0800. The predicted octanol–water partition coefficient (Wildman–Crippen LogP) is 1.54. The normalized spacial score (nSPS) is 26.0. The van der Waals surface area contributed by atoms with Crippen molar-refractivity contribution in [3.8, 4) is 0 Å². The number of carbonyl (C=O) groups is 1. The second-order valence-electron chi connectivity index (χ2n) is 4.23. The van der Waals surface area contributed by atoms with Gasteiger partial charge in [-0.1, -0.05) is 0 Å². The van der Waals surface area contributed by atoms with Crippen LogP contribution in [0.25, 0.3) is 0 Å². The van der Waals surface area contributed by atoms with Crippen LogP contribution in [0, 0.1) is 0 Å². The Labute approximate surface area is 134 Å². The number of nitrogens with one attached hydrogen (secondary N) is 1. The van der Waals surface area contributed by atoms with E-state index in [0.717, 1.165) is 5.06 Å². The van der Waals surface area contributed by atoms with E-state index in [2.05, 4.69) is 5.09 Å². The maximum absolute atomic E-state index is 12.8. The van der Waals surface area contributed by atoms with E-state index in [1.807, 2.05) is 0 Å². The molecule has 2 amide bonds. The van der Waals surface area contributed by atoms with Crippen molar-refractivity contribution in [3.05, 3.63) is 0 Å². The molecule has 1 heterocycles. The number of amides is 2. The lowest BCUT2D eigenvalue weighted by Crippen LogP contribution is -2.47. The molecule has 0 aromatic heterocycles. The lowest BCUT2D eigenvalue weighted by Gasteiger charge is -2.37. The third kappa shape index (κ3) is 5.56. The van der Waals surface area contributed by atoms with Crippen LogP contribution in [-0.2, 0) is 13.9 Å². The number of rotatable bonds is 8. The average Bonchev–Trinajstić information content (AvgIpc) is 2.44. The maximum atomic E-state index is 12.8. The molecule has 0 spiro atoms. The number of hydrogen-bond donors (Lipinski definition) is 2. The summed E-state index contributed by atoms with van der Waals surface area (Å²) in [5.41, 5.74) is 5.18. The van der Waals surface area contributed by atoms with Gasteiger partial charge in [-0.2, -0.15) is 0 Å². The number of urea groups is 1. The highest BCUT2D eigenvalue weighted by atomic mass is 35.5. The number of halogens is 2. The maximum Gasteiger partial charge on any atom is 0.345 e. The van der Waals surface area contributed by atoms with E-state index in [1.165, 1.54) is 0 Å². The number of nitrogens with two attached hydrogens (primary N) is 1. The van der Waals surface area contributed by atoms with Gasteiger partial charge in [-0.05, 0) is 6.92 Å². The number of primary amides is 1. The number of alkyl halides is 2. The quantitative estimate of drug-likeness (QED) is 0.386. The van der Waals surface area contributed by atoms with Gasteiger partial charge in [0.2, 0.25) is 0 Å². The van der Waals surface area contributed by atoms with Crippen LogP contribution >= 0.6 is 30.9 Å². The van der Waals surface area contributed by atoms with Crippen LogP contribution in [0.5, 0.6) is 0 Å². The summed E-state index contributed by atoms with van der Waals surface area (Å²) < 4.78 is 19.8. The average molecular weight is 363 g/mol. The van der Waals surface area contributed by atoms with Crippen molar-refractivity contribution in [2.24, 2.45) is 5.73 Å². The van der Waals surface area contributed by atoms with Crippen LogP contribution in [0.4, 0.5) is 4.79 Å². The van der Waals surface area contributed by atoms with Crippen LogP contribution in [0.2, 0.25) is 0 Å². The summed E-state index contributed by atoms with van der Waals surface area (Å²) in [7, 11) is -3.30. The minimum absolute atomic E-state index is 0.229. The van der Waals surface area contributed by atoms with Crippen molar-refractivity contribution in [2.75, 3.05) is 38.0 Å². The van der Waals surface area contributed by atoms with Gasteiger partial charge < -0.3 is 10.3 Å². The zero-order chi connectivity index (χ0) is 15.9. The van der Waals surface area contributed by atoms with Gasteiger partial charge in [0, 0.05) is 37.8 Å². The Balaban J connectivity index is 2.72. The van der Waals surface area contributed by atoms with Gasteiger partial charge in [-0.25, -0.2) is 24.5 Å². The Morgan fingerprint density at radius 2 is 2.10 bits per heavy atom. The molecule has 2 unspecified atom stereocenters. The van der Waals surface area contributed by atoms with Crippen molar-refractivity contribution in [3.63, 3.8) is 0 Å². The third-order valence-electron chi connectivity index (χ3n) is 2.80. The molecule has 1 saturated heterocycles. The Kier molecular flexibility index (Phi) is 8.26. The minimum atomic E-state index is -3.30. The lowest BCUT2D eigenvalue weighted by atomic mass is 10.4. The molecule has 0 aromatic carbocycles. The first-order chi connectivity index (χ1) is 9.96. The molecule has 21 heavy (non-hydrogen) atoms. The summed E-state index contributed by atoms with van der Waals surface area (Å²) in [5, 5.41) is 3.79. The molecule has 1 aliphatic rings. The summed E-state index contributed by atoms with van der Waals surface area (Å²) in [6, 6.07) is -0.709. The van der Waals surface area contributed by atoms with Gasteiger partial charge >= 0.3 is 13.7 Å². The van der Waals surface area contributed by atoms with Gasteiger partial charge in [0.05, 0.1) is 6.61 Å². The fourth-order valence-electron chi connectivity index (χ4n) is 1.81. The minimum Gasteiger partial charge on any atom is -0.350 e. The Bertz CT molecular complexity index is 384. The topological polar surface area (TPSA) is 97.1 Å². The van der Waals surface area contributed by atoms with Gasteiger partial charge in [-0.15, -0.1) is 23.2 Å². The van der Waals surface area contributed by atoms with E-state index in [0.29, 0.717) is 31.3 Å². The standard InChI is InChI=1S/C10H21Cl2N4O4P/c1-2-16(10(13)17)20-9-3-8-19-21(18,14-9)15(6-4-11)7-5-12/h9H,2-8H2,1H3,(H2,13,17)(H,14,18). The molecule has 124 valence electrons. The summed E-state index contributed by atoms with van der Waals surface area (Å²) in [5.74, 6) is 0.583. The fraction of sp³-hybridized carbons (Fsp3) is 0.900. The van der Waals surface area contributed by atoms with E-state index in [1.54, 1.807) is 11.6 Å². The first-order valence-electron chi connectivity index (χ1n) is 6.60. The Morgan fingerprint density at radius 1 is 1.48 bits per heavy atom. The molecular weight excluding hydrogens is 342 g/mol. The molecular formula is C10H21Cl2N4O4P. The van der Waals surface area contributed by atoms with Crippen molar-refractivity contribution in [2.45, 2.75) is 19.6 Å². The zero-order valence-electron chi connectivity index (χ0n) is 11.8. The van der Waals surface area contributed by atoms with Crippen molar-refractivity contribution in [1.29, 1.82) is 0 Å². The fourth-order valence-corrected chi connectivity index (χ4v) is 4.48. The van der Waals surface area contributed by atoms with E-state index in [4.69, 9.17) is 38.3 Å². The molecule has 0 radical (unpaired) electrons. The monoisotopic (exact) mass is 362 g/mol. The second-order valence-corrected chi connectivity index (χ2v) is 7.11. The molecule has 8 nitrogen and oxygen atoms in total. The van der Waals surface area contributed by atoms with Crippen LogP contribution in [0.15, 0.2) is 0 Å². The summed E-state index contributed by atoms with van der Waals surface area (Å²) in [6.07, 6.45) is -0.200. The summed E-state index contributed by atoms with van der Waals surface area (Å²) in [4.78, 5) is 16.6. The third-order valence-corrected chi connectivity index (χ3v) is 5.43. The molecule has 3 N–H and O–H groups in total. The number of carbonyl (C=O) groups excluding carboxylic acids is 1. The number of hydroxylamine groups is 2. The second kappa shape index (κ2) is 9.15. The van der Waals surface area contributed by atoms with Crippen molar-refractivity contribution >= 4 is 36.9 Å². The molecule has 11 heteroatoms. The van der Waals surface area contributed by atoms with Crippen LogP contribution in [0.3, 0.4) is 0 Å². The van der Waals surface area contributed by atoms with Gasteiger partial charge in [-0.3, -0.25) is 4.57 Å². The van der Waals surface area contributed by atoms with E-state index in [-0.39, 0.29) is 13.2 Å². The highest BCUT2D eigenvalue weighted by Gasteiger charge is 2.38. The van der Waals surface area contributed by atoms with Crippen LogP contribution in [-0.4, -0.2) is 60.0 Å². The van der Waals surface area contributed by atoms with E-state index < -0.39 is 19.9 Å². The zero-order valence-corrected chi connectivity index (χ0v) is 14.2. The molecule has 1 fully saturated rings. The van der Waals surface area contributed by atoms with Gasteiger partial charge in [0.1, 0.15) is 6.23 Å². The first-order valence-corrected chi connectivity index (χ1v) is 9.25. The Morgan fingerprint density at radius 3 is 2.57 bits per heavy atom. The van der Waals surface area contributed by atoms with Gasteiger partial charge in [0.15, 0.2) is 0 Å². The van der Waals surface area contributed by atoms with Crippen molar-refractivity contribution < 1.29 is 18.7 Å². The summed E-state index contributed by atoms with van der Waals surface area (Å²) >= 11 is 11.4. The number of nitrogens with zero attached hydrogens (tertiary/aromatic N) is 2. The summed E-state index contributed by atoms with van der Waals surface area (Å²) in [6.45, 7) is 2.95. The molecule has 0 saturated carbocycles. The molecule has 2 atom stereocenters. The van der Waals surface area contributed by atoms with E-state index >= 15 is 0 Å². The lowest BCUT2D eigenvalue weighted by molar-refractivity contribution is -0.168. The molecule has 0 aromatic rings. The van der Waals surface area contributed by atoms with Crippen molar-refractivity contribution in [1.82, 2.24) is 14.8 Å². The first kappa shape index (κ1) is 19.0. The highest BCUT2D eigenvalue weighted by molar-refractivity contribution is 7.54. The molecule has 0 bridgehead atoms. The van der Waals surface area contributed by atoms with E-state index in [9.17, 15) is 9.36 Å². The highest BCUT2D eigenvalue weighted by Crippen LogP contribution is 2.49. The molecule has 1 rings (SSSR count). The largest absolute Gasteiger partial charge is 0.350 e. The van der Waals surface area contributed by atoms with Crippen LogP contribution < -0.4 is 10.8 Å². The number of hydrogen-bond acceptors (Lipinski definition) is 4.